The van der Waals surface area contributed by atoms with Crippen molar-refractivity contribution in [1.29, 1.82) is 0 Å². The first kappa shape index (κ1) is 15.2. The van der Waals surface area contributed by atoms with Crippen molar-refractivity contribution >= 4 is 8.80 Å². The van der Waals surface area contributed by atoms with Crippen molar-refractivity contribution in [3.05, 3.63) is 35.4 Å². The van der Waals surface area contributed by atoms with Crippen LogP contribution in [0.1, 0.15) is 12.0 Å². The highest BCUT2D eigenvalue weighted by molar-refractivity contribution is 6.60. The Morgan fingerprint density at radius 1 is 1.06 bits per heavy atom. The van der Waals surface area contributed by atoms with Crippen LogP contribution in [0.4, 0.5) is 8.78 Å². The Kier molecular flexibility index (Phi) is 5.87. The van der Waals surface area contributed by atoms with Crippen molar-refractivity contribution in [2.75, 3.05) is 21.3 Å². The summed E-state index contributed by atoms with van der Waals surface area (Å²) in [5.41, 5.74) is 0.489. The van der Waals surface area contributed by atoms with Crippen molar-refractivity contribution in [2.24, 2.45) is 0 Å². The Labute approximate surface area is 107 Å². The van der Waals surface area contributed by atoms with E-state index in [4.69, 9.17) is 13.3 Å². The highest BCUT2D eigenvalue weighted by atomic mass is 28.4. The summed E-state index contributed by atoms with van der Waals surface area (Å²) < 4.78 is 41.9. The van der Waals surface area contributed by atoms with Crippen LogP contribution in [0.2, 0.25) is 6.04 Å². The van der Waals surface area contributed by atoms with Gasteiger partial charge in [0.2, 0.25) is 0 Å². The van der Waals surface area contributed by atoms with Crippen molar-refractivity contribution in [3.8, 4) is 0 Å². The minimum Gasteiger partial charge on any atom is -0.377 e. The Bertz CT molecular complexity index is 375. The fourth-order valence-corrected chi connectivity index (χ4v) is 3.50. The predicted molar refractivity (Wildman–Crippen MR) is 66.3 cm³/mol. The van der Waals surface area contributed by atoms with Gasteiger partial charge in [-0.1, -0.05) is 6.07 Å². The van der Waals surface area contributed by atoms with Crippen LogP contribution in [0.25, 0.3) is 0 Å². The smallest absolute Gasteiger partial charge is 0.377 e. The van der Waals surface area contributed by atoms with Gasteiger partial charge in [-0.2, -0.15) is 0 Å². The highest BCUT2D eigenvalue weighted by Gasteiger charge is 2.36. The molecule has 102 valence electrons. The Hall–Kier alpha value is -0.823. The largest absolute Gasteiger partial charge is 0.500 e. The number of halogens is 2. The van der Waals surface area contributed by atoms with Gasteiger partial charge in [-0.3, -0.25) is 0 Å². The predicted octanol–water partition coefficient (Wildman–Crippen LogP) is 2.78. The van der Waals surface area contributed by atoms with E-state index in [0.717, 1.165) is 6.07 Å². The topological polar surface area (TPSA) is 27.7 Å². The van der Waals surface area contributed by atoms with E-state index < -0.39 is 20.4 Å². The maximum Gasteiger partial charge on any atom is 0.500 e. The van der Waals surface area contributed by atoms with Crippen LogP contribution >= 0.6 is 0 Å². The molecule has 1 aromatic rings. The van der Waals surface area contributed by atoms with Gasteiger partial charge >= 0.3 is 8.80 Å². The Morgan fingerprint density at radius 3 is 2.17 bits per heavy atom. The molecule has 0 fully saturated rings. The Morgan fingerprint density at radius 2 is 1.67 bits per heavy atom. The second-order valence-corrected chi connectivity index (χ2v) is 6.98. The lowest BCUT2D eigenvalue weighted by molar-refractivity contribution is 0.123. The number of rotatable bonds is 7. The standard InChI is InChI=1S/C12H18F2O3Si/c1-15-18(16-2,17-3)8-4-5-10-6-7-11(13)9-12(10)14/h6-7,9H,4-5,8H2,1-3H3. The van der Waals surface area contributed by atoms with E-state index >= 15 is 0 Å². The van der Waals surface area contributed by atoms with Gasteiger partial charge < -0.3 is 13.3 Å². The molecule has 0 spiro atoms. The van der Waals surface area contributed by atoms with Crippen molar-refractivity contribution in [1.82, 2.24) is 0 Å². The zero-order valence-corrected chi connectivity index (χ0v) is 11.8. The minimum absolute atomic E-state index is 0.489. The van der Waals surface area contributed by atoms with Crippen LogP contribution < -0.4 is 0 Å². The monoisotopic (exact) mass is 276 g/mol. The van der Waals surface area contributed by atoms with E-state index in [9.17, 15) is 8.78 Å². The van der Waals surface area contributed by atoms with Gasteiger partial charge in [0, 0.05) is 33.4 Å². The summed E-state index contributed by atoms with van der Waals surface area (Å²) in [7, 11) is 2.02. The molecule has 0 bridgehead atoms. The molecule has 6 heteroatoms. The number of aryl methyl sites for hydroxylation is 1. The van der Waals surface area contributed by atoms with Gasteiger partial charge in [-0.05, 0) is 24.5 Å². The van der Waals surface area contributed by atoms with Gasteiger partial charge in [0.05, 0.1) is 0 Å². The first-order chi connectivity index (χ1) is 8.56. The number of benzene rings is 1. The molecule has 0 saturated heterocycles. The molecule has 0 unspecified atom stereocenters. The lowest BCUT2D eigenvalue weighted by Crippen LogP contribution is -2.42. The third kappa shape index (κ3) is 3.84. The van der Waals surface area contributed by atoms with Crippen LogP contribution in [0, 0.1) is 11.6 Å². The SMILES string of the molecule is CO[Si](CCCc1ccc(F)cc1F)(OC)OC. The van der Waals surface area contributed by atoms with Gasteiger partial charge in [-0.15, -0.1) is 0 Å². The zero-order chi connectivity index (χ0) is 13.6. The molecule has 18 heavy (non-hydrogen) atoms. The summed E-state index contributed by atoms with van der Waals surface area (Å²) in [6, 6.07) is 4.20. The van der Waals surface area contributed by atoms with Gasteiger partial charge in [-0.25, -0.2) is 8.78 Å². The van der Waals surface area contributed by atoms with Crippen LogP contribution in [0.3, 0.4) is 0 Å². The lowest BCUT2D eigenvalue weighted by Gasteiger charge is -2.24. The molecule has 0 aliphatic heterocycles. The molecule has 0 atom stereocenters. The fourth-order valence-electron chi connectivity index (χ4n) is 1.78. The van der Waals surface area contributed by atoms with E-state index in [1.165, 1.54) is 33.5 Å². The zero-order valence-electron chi connectivity index (χ0n) is 10.8. The fraction of sp³-hybridized carbons (Fsp3) is 0.500. The van der Waals surface area contributed by atoms with Crippen molar-refractivity contribution < 1.29 is 22.1 Å². The van der Waals surface area contributed by atoms with Crippen LogP contribution in [-0.2, 0) is 19.7 Å². The molecular weight excluding hydrogens is 258 g/mol. The van der Waals surface area contributed by atoms with E-state index in [1.807, 2.05) is 0 Å². The van der Waals surface area contributed by atoms with Gasteiger partial charge in [0.25, 0.3) is 0 Å². The van der Waals surface area contributed by atoms with Crippen LogP contribution in [0.5, 0.6) is 0 Å². The summed E-state index contributed by atoms with van der Waals surface area (Å²) in [6.45, 7) is 0. The molecule has 0 aliphatic carbocycles. The molecule has 3 nitrogen and oxygen atoms in total. The molecule has 0 N–H and O–H groups in total. The molecule has 0 aliphatic rings. The molecule has 1 aromatic carbocycles. The van der Waals surface area contributed by atoms with Crippen LogP contribution in [0.15, 0.2) is 18.2 Å². The number of hydrogen-bond acceptors (Lipinski definition) is 3. The summed E-state index contributed by atoms with van der Waals surface area (Å²) >= 11 is 0. The van der Waals surface area contributed by atoms with Crippen molar-refractivity contribution in [2.45, 2.75) is 18.9 Å². The molecule has 0 amide bonds. The van der Waals surface area contributed by atoms with E-state index in [1.54, 1.807) is 0 Å². The molecule has 1 rings (SSSR count). The second-order valence-electron chi connectivity index (χ2n) is 3.88. The van der Waals surface area contributed by atoms with Crippen LogP contribution in [-0.4, -0.2) is 30.1 Å². The minimum atomic E-state index is -2.60. The maximum absolute atomic E-state index is 13.4. The summed E-state index contributed by atoms with van der Waals surface area (Å²) in [5.74, 6) is -1.08. The molecule has 0 heterocycles. The van der Waals surface area contributed by atoms with Gasteiger partial charge in [0.15, 0.2) is 0 Å². The molecular formula is C12H18F2O3Si. The molecule has 0 saturated carbocycles. The summed E-state index contributed by atoms with van der Waals surface area (Å²) in [5, 5.41) is 0. The van der Waals surface area contributed by atoms with E-state index in [2.05, 4.69) is 0 Å². The number of hydrogen-bond donors (Lipinski definition) is 0. The average molecular weight is 276 g/mol. The lowest BCUT2D eigenvalue weighted by atomic mass is 10.1. The van der Waals surface area contributed by atoms with Crippen molar-refractivity contribution in [3.63, 3.8) is 0 Å². The molecule has 0 radical (unpaired) electrons. The average Bonchev–Trinajstić information content (AvgIpc) is 2.38. The van der Waals surface area contributed by atoms with E-state index in [0.29, 0.717) is 24.4 Å². The third-order valence-electron chi connectivity index (χ3n) is 2.88. The first-order valence-electron chi connectivity index (χ1n) is 5.66. The second kappa shape index (κ2) is 6.94. The first-order valence-corrected chi connectivity index (χ1v) is 7.59. The Balaban J connectivity index is 2.55. The summed E-state index contributed by atoms with van der Waals surface area (Å²) in [6.07, 6.45) is 1.15. The third-order valence-corrected chi connectivity index (χ3v) is 5.71. The normalized spacial score (nSPS) is 11.8. The maximum atomic E-state index is 13.4. The van der Waals surface area contributed by atoms with E-state index in [-0.39, 0.29) is 0 Å². The van der Waals surface area contributed by atoms with Gasteiger partial charge in [0.1, 0.15) is 11.6 Å². The molecule has 0 aromatic heterocycles. The highest BCUT2D eigenvalue weighted by Crippen LogP contribution is 2.18. The summed E-state index contributed by atoms with van der Waals surface area (Å²) in [4.78, 5) is 0. The quantitative estimate of drug-likeness (QED) is 0.717.